The standard InChI is InChI=1S/C23H23NO5S2/c1-4-5-12-29-18-11-10-15(13-19(18)27-2)14-20-21(25)24(23(30)31-20)17-9-7-6-8-16(17)22(26)28-3/h6-11,13-14H,4-5,12H2,1-3H3/b20-14-. The first-order valence-electron chi connectivity index (χ1n) is 9.76. The lowest BCUT2D eigenvalue weighted by molar-refractivity contribution is -0.113. The molecule has 8 heteroatoms. The number of hydrogen-bond acceptors (Lipinski definition) is 7. The van der Waals surface area contributed by atoms with Crippen LogP contribution in [-0.2, 0) is 9.53 Å². The molecule has 2 aromatic rings. The highest BCUT2D eigenvalue weighted by Crippen LogP contribution is 2.38. The van der Waals surface area contributed by atoms with E-state index in [4.69, 9.17) is 26.4 Å². The zero-order chi connectivity index (χ0) is 22.4. The number of methoxy groups -OCH3 is 2. The molecular formula is C23H23NO5S2. The molecule has 0 aromatic heterocycles. The smallest absolute Gasteiger partial charge is 0.339 e. The summed E-state index contributed by atoms with van der Waals surface area (Å²) < 4.78 is 16.4. The average molecular weight is 458 g/mol. The van der Waals surface area contributed by atoms with Gasteiger partial charge in [-0.3, -0.25) is 9.69 Å². The normalized spacial score (nSPS) is 14.8. The van der Waals surface area contributed by atoms with Crippen molar-refractivity contribution in [2.45, 2.75) is 19.8 Å². The molecule has 162 valence electrons. The summed E-state index contributed by atoms with van der Waals surface area (Å²) in [5.41, 5.74) is 1.46. The third-order valence-electron chi connectivity index (χ3n) is 4.58. The Morgan fingerprint density at radius 1 is 1.16 bits per heavy atom. The van der Waals surface area contributed by atoms with E-state index in [1.807, 2.05) is 18.2 Å². The fourth-order valence-electron chi connectivity index (χ4n) is 3.00. The maximum atomic E-state index is 13.1. The molecule has 0 spiro atoms. The Labute approximate surface area is 191 Å². The van der Waals surface area contributed by atoms with Crippen LogP contribution >= 0.6 is 24.0 Å². The molecule has 6 nitrogen and oxygen atoms in total. The van der Waals surface area contributed by atoms with Crippen molar-refractivity contribution in [1.29, 1.82) is 0 Å². The van der Waals surface area contributed by atoms with E-state index in [2.05, 4.69) is 6.92 Å². The van der Waals surface area contributed by atoms with Crippen molar-refractivity contribution >= 4 is 51.9 Å². The minimum absolute atomic E-state index is 0.276. The highest BCUT2D eigenvalue weighted by atomic mass is 32.2. The molecule has 3 rings (SSSR count). The number of nitrogens with zero attached hydrogens (tertiary/aromatic N) is 1. The van der Waals surface area contributed by atoms with Crippen LogP contribution in [0.15, 0.2) is 47.4 Å². The quantitative estimate of drug-likeness (QED) is 0.237. The summed E-state index contributed by atoms with van der Waals surface area (Å²) in [7, 11) is 2.88. The van der Waals surface area contributed by atoms with Crippen molar-refractivity contribution in [1.82, 2.24) is 0 Å². The molecule has 31 heavy (non-hydrogen) atoms. The van der Waals surface area contributed by atoms with Crippen molar-refractivity contribution in [2.75, 3.05) is 25.7 Å². The third kappa shape index (κ3) is 5.08. The Bertz CT molecular complexity index is 1030. The first kappa shape index (κ1) is 22.8. The number of esters is 1. The van der Waals surface area contributed by atoms with Crippen LogP contribution in [0.5, 0.6) is 11.5 Å². The van der Waals surface area contributed by atoms with Crippen molar-refractivity contribution in [3.05, 3.63) is 58.5 Å². The third-order valence-corrected chi connectivity index (χ3v) is 5.89. The number of carbonyl (C=O) groups is 2. The Morgan fingerprint density at radius 3 is 2.65 bits per heavy atom. The second-order valence-electron chi connectivity index (χ2n) is 6.64. The number of thiocarbonyl (C=S) groups is 1. The van der Waals surface area contributed by atoms with Crippen LogP contribution in [-0.4, -0.2) is 37.0 Å². The number of hydrogen-bond donors (Lipinski definition) is 0. The predicted octanol–water partition coefficient (Wildman–Crippen LogP) is 5.07. The van der Waals surface area contributed by atoms with E-state index in [9.17, 15) is 9.59 Å². The van der Waals surface area contributed by atoms with E-state index in [0.717, 1.165) is 18.4 Å². The van der Waals surface area contributed by atoms with Crippen LogP contribution < -0.4 is 14.4 Å². The van der Waals surface area contributed by atoms with E-state index in [1.165, 1.54) is 23.8 Å². The lowest BCUT2D eigenvalue weighted by Gasteiger charge is -2.17. The number of ether oxygens (including phenoxy) is 3. The van der Waals surface area contributed by atoms with Crippen LogP contribution in [0.25, 0.3) is 6.08 Å². The zero-order valence-electron chi connectivity index (χ0n) is 17.5. The number of benzene rings is 2. The van der Waals surface area contributed by atoms with Crippen LogP contribution in [0.2, 0.25) is 0 Å². The molecule has 2 aromatic carbocycles. The Balaban J connectivity index is 1.88. The SMILES string of the molecule is CCCCOc1ccc(/C=C2\SC(=S)N(c3ccccc3C(=O)OC)C2=O)cc1OC. The highest BCUT2D eigenvalue weighted by molar-refractivity contribution is 8.27. The van der Waals surface area contributed by atoms with Gasteiger partial charge in [0.15, 0.2) is 15.8 Å². The summed E-state index contributed by atoms with van der Waals surface area (Å²) >= 11 is 6.61. The van der Waals surface area contributed by atoms with Gasteiger partial charge in [-0.1, -0.05) is 55.5 Å². The monoisotopic (exact) mass is 457 g/mol. The number of amides is 1. The molecule has 1 fully saturated rings. The van der Waals surface area contributed by atoms with Crippen molar-refractivity contribution in [3.63, 3.8) is 0 Å². The lowest BCUT2D eigenvalue weighted by Crippen LogP contribution is -2.29. The molecule has 1 amide bonds. The number of anilines is 1. The van der Waals surface area contributed by atoms with Gasteiger partial charge in [-0.25, -0.2) is 4.79 Å². The second kappa shape index (κ2) is 10.5. The van der Waals surface area contributed by atoms with Gasteiger partial charge in [0.25, 0.3) is 5.91 Å². The van der Waals surface area contributed by atoms with Gasteiger partial charge in [0.1, 0.15) is 0 Å². The predicted molar refractivity (Wildman–Crippen MR) is 127 cm³/mol. The largest absolute Gasteiger partial charge is 0.493 e. The summed E-state index contributed by atoms with van der Waals surface area (Å²) in [6.07, 6.45) is 3.75. The maximum Gasteiger partial charge on any atom is 0.339 e. The molecule has 0 unspecified atom stereocenters. The molecular weight excluding hydrogens is 434 g/mol. The van der Waals surface area contributed by atoms with Crippen molar-refractivity contribution in [2.24, 2.45) is 0 Å². The van der Waals surface area contributed by atoms with Gasteiger partial charge in [0.05, 0.1) is 37.0 Å². The average Bonchev–Trinajstić information content (AvgIpc) is 3.06. The van der Waals surface area contributed by atoms with Gasteiger partial charge in [-0.15, -0.1) is 0 Å². The summed E-state index contributed by atoms with van der Waals surface area (Å²) in [6, 6.07) is 12.2. The first-order valence-corrected chi connectivity index (χ1v) is 11.0. The van der Waals surface area contributed by atoms with Crippen LogP contribution in [0.4, 0.5) is 5.69 Å². The topological polar surface area (TPSA) is 65.1 Å². The van der Waals surface area contributed by atoms with Crippen molar-refractivity contribution in [3.8, 4) is 11.5 Å². The fraction of sp³-hybridized carbons (Fsp3) is 0.261. The summed E-state index contributed by atoms with van der Waals surface area (Å²) in [4.78, 5) is 27.1. The van der Waals surface area contributed by atoms with Crippen LogP contribution in [0.3, 0.4) is 0 Å². The minimum atomic E-state index is -0.531. The highest BCUT2D eigenvalue weighted by Gasteiger charge is 2.35. The summed E-state index contributed by atoms with van der Waals surface area (Å²) in [5.74, 6) is 0.426. The lowest BCUT2D eigenvalue weighted by atomic mass is 10.1. The van der Waals surface area contributed by atoms with Crippen LogP contribution in [0, 0.1) is 0 Å². The van der Waals surface area contributed by atoms with E-state index >= 15 is 0 Å². The molecule has 1 heterocycles. The van der Waals surface area contributed by atoms with Gasteiger partial charge >= 0.3 is 5.97 Å². The van der Waals surface area contributed by atoms with Gasteiger partial charge < -0.3 is 14.2 Å². The van der Waals surface area contributed by atoms with Gasteiger partial charge in [-0.05, 0) is 42.3 Å². The Hall–Kier alpha value is -2.84. The molecule has 0 saturated carbocycles. The molecule has 0 N–H and O–H groups in total. The van der Waals surface area contributed by atoms with E-state index in [-0.39, 0.29) is 11.5 Å². The number of thioether (sulfide) groups is 1. The molecule has 0 bridgehead atoms. The van der Waals surface area contributed by atoms with E-state index in [0.29, 0.717) is 33.0 Å². The molecule has 0 aliphatic carbocycles. The van der Waals surface area contributed by atoms with Gasteiger partial charge in [-0.2, -0.15) is 0 Å². The van der Waals surface area contributed by atoms with Crippen molar-refractivity contribution < 1.29 is 23.8 Å². The molecule has 0 atom stereocenters. The summed E-state index contributed by atoms with van der Waals surface area (Å²) in [6.45, 7) is 2.72. The number of unbranched alkanes of at least 4 members (excludes halogenated alkanes) is 1. The molecule has 1 aliphatic heterocycles. The zero-order valence-corrected chi connectivity index (χ0v) is 19.2. The van der Waals surface area contributed by atoms with Gasteiger partial charge in [0, 0.05) is 0 Å². The Morgan fingerprint density at radius 2 is 1.94 bits per heavy atom. The first-order chi connectivity index (χ1) is 15.0. The minimum Gasteiger partial charge on any atom is -0.493 e. The second-order valence-corrected chi connectivity index (χ2v) is 8.31. The number of para-hydroxylation sites is 1. The Kier molecular flexibility index (Phi) is 7.70. The van der Waals surface area contributed by atoms with Gasteiger partial charge in [0.2, 0.25) is 0 Å². The fourth-order valence-corrected chi connectivity index (χ4v) is 4.28. The summed E-state index contributed by atoms with van der Waals surface area (Å²) in [5, 5.41) is 0. The molecule has 1 saturated heterocycles. The molecule has 0 radical (unpaired) electrons. The number of rotatable bonds is 8. The number of carbonyl (C=O) groups excluding carboxylic acids is 2. The van der Waals surface area contributed by atoms with Crippen LogP contribution in [0.1, 0.15) is 35.7 Å². The molecule has 1 aliphatic rings. The van der Waals surface area contributed by atoms with E-state index in [1.54, 1.807) is 37.5 Å². The maximum absolute atomic E-state index is 13.1. The van der Waals surface area contributed by atoms with E-state index < -0.39 is 5.97 Å².